The molecule has 0 saturated heterocycles. The van der Waals surface area contributed by atoms with E-state index in [9.17, 15) is 13.2 Å². The molecule has 1 amide bonds. The topological polar surface area (TPSA) is 84.5 Å². The normalized spacial score (nSPS) is 11.4. The number of hydrogen-bond acceptors (Lipinski definition) is 4. The molecule has 3 rings (SSSR count). The van der Waals surface area contributed by atoms with Crippen LogP contribution < -0.4 is 14.8 Å². The second-order valence-electron chi connectivity index (χ2n) is 6.75. The standard InChI is InChI=1S/C24H24N2O4S/c1-25-31(28,29)23-12-6-10-21(16-23)17-26-24(27)14-13-19-9-5-11-22(15-19)30-18-20-7-3-2-4-8-20/h2-16,25H,17-18H2,1H3,(H,26,27)/b14-13+. The molecule has 3 aromatic rings. The fourth-order valence-corrected chi connectivity index (χ4v) is 3.61. The van der Waals surface area contributed by atoms with Crippen molar-refractivity contribution in [2.75, 3.05) is 7.05 Å². The van der Waals surface area contributed by atoms with Crippen molar-refractivity contribution in [3.05, 3.63) is 102 Å². The number of rotatable bonds is 9. The minimum Gasteiger partial charge on any atom is -0.489 e. The second-order valence-corrected chi connectivity index (χ2v) is 8.64. The third-order valence-corrected chi connectivity index (χ3v) is 5.89. The number of sulfonamides is 1. The second kappa shape index (κ2) is 10.6. The van der Waals surface area contributed by atoms with Crippen LogP contribution in [-0.2, 0) is 28.0 Å². The van der Waals surface area contributed by atoms with Crippen molar-refractivity contribution in [1.29, 1.82) is 0 Å². The molecule has 0 aliphatic carbocycles. The zero-order chi connectivity index (χ0) is 22.1. The summed E-state index contributed by atoms with van der Waals surface area (Å²) < 4.78 is 31.8. The van der Waals surface area contributed by atoms with Gasteiger partial charge in [0.2, 0.25) is 15.9 Å². The van der Waals surface area contributed by atoms with Gasteiger partial charge in [-0.2, -0.15) is 0 Å². The van der Waals surface area contributed by atoms with E-state index in [1.807, 2.05) is 54.6 Å². The molecule has 3 aromatic carbocycles. The molecule has 0 heterocycles. The van der Waals surface area contributed by atoms with Crippen LogP contribution in [0.15, 0.2) is 89.8 Å². The zero-order valence-electron chi connectivity index (χ0n) is 17.1. The quantitative estimate of drug-likeness (QED) is 0.503. The number of carbonyl (C=O) groups is 1. The first-order valence-electron chi connectivity index (χ1n) is 9.71. The van der Waals surface area contributed by atoms with Crippen molar-refractivity contribution in [2.24, 2.45) is 0 Å². The lowest BCUT2D eigenvalue weighted by atomic mass is 10.2. The van der Waals surface area contributed by atoms with Gasteiger partial charge in [0.25, 0.3) is 0 Å². The van der Waals surface area contributed by atoms with E-state index in [0.717, 1.165) is 11.1 Å². The van der Waals surface area contributed by atoms with Gasteiger partial charge in [0.1, 0.15) is 12.4 Å². The Bertz CT molecular complexity index is 1160. The molecule has 160 valence electrons. The molecule has 31 heavy (non-hydrogen) atoms. The molecule has 6 nitrogen and oxygen atoms in total. The average Bonchev–Trinajstić information content (AvgIpc) is 2.81. The Morgan fingerprint density at radius 3 is 2.45 bits per heavy atom. The summed E-state index contributed by atoms with van der Waals surface area (Å²) in [5, 5.41) is 2.75. The summed E-state index contributed by atoms with van der Waals surface area (Å²) >= 11 is 0. The molecule has 0 radical (unpaired) electrons. The Balaban J connectivity index is 1.55. The van der Waals surface area contributed by atoms with Crippen molar-refractivity contribution in [3.63, 3.8) is 0 Å². The van der Waals surface area contributed by atoms with Gasteiger partial charge in [0.05, 0.1) is 4.90 Å². The number of carbonyl (C=O) groups excluding carboxylic acids is 1. The molecular weight excluding hydrogens is 412 g/mol. The minimum atomic E-state index is -3.52. The Hall–Kier alpha value is -3.42. The molecule has 0 aliphatic heterocycles. The van der Waals surface area contributed by atoms with Crippen LogP contribution in [0.3, 0.4) is 0 Å². The molecule has 0 aliphatic rings. The van der Waals surface area contributed by atoms with Crippen LogP contribution in [0, 0.1) is 0 Å². The maximum atomic E-state index is 12.2. The highest BCUT2D eigenvalue weighted by atomic mass is 32.2. The molecular formula is C24H24N2O4S. The Kier molecular flexibility index (Phi) is 7.59. The van der Waals surface area contributed by atoms with E-state index in [1.165, 1.54) is 25.3 Å². The number of ether oxygens (including phenoxy) is 1. The number of nitrogens with one attached hydrogen (secondary N) is 2. The predicted molar refractivity (Wildman–Crippen MR) is 121 cm³/mol. The van der Waals surface area contributed by atoms with Gasteiger partial charge in [-0.3, -0.25) is 4.79 Å². The van der Waals surface area contributed by atoms with Crippen molar-refractivity contribution >= 4 is 22.0 Å². The summed E-state index contributed by atoms with van der Waals surface area (Å²) in [5.41, 5.74) is 2.60. The highest BCUT2D eigenvalue weighted by Gasteiger charge is 2.11. The summed E-state index contributed by atoms with van der Waals surface area (Å²) in [7, 11) is -2.16. The first-order valence-corrected chi connectivity index (χ1v) is 11.2. The van der Waals surface area contributed by atoms with Crippen LogP contribution in [0.5, 0.6) is 5.75 Å². The number of benzene rings is 3. The lowest BCUT2D eigenvalue weighted by Crippen LogP contribution is -2.21. The molecule has 0 aromatic heterocycles. The summed E-state index contributed by atoms with van der Waals surface area (Å²) in [6, 6.07) is 23.8. The van der Waals surface area contributed by atoms with Gasteiger partial charge < -0.3 is 10.1 Å². The minimum absolute atomic E-state index is 0.157. The Morgan fingerprint density at radius 2 is 1.68 bits per heavy atom. The van der Waals surface area contributed by atoms with Crippen molar-refractivity contribution in [2.45, 2.75) is 18.0 Å². The lowest BCUT2D eigenvalue weighted by Gasteiger charge is -2.07. The largest absolute Gasteiger partial charge is 0.489 e. The fourth-order valence-electron chi connectivity index (χ4n) is 2.81. The van der Waals surface area contributed by atoms with Gasteiger partial charge in [-0.05, 0) is 54.1 Å². The van der Waals surface area contributed by atoms with Crippen molar-refractivity contribution in [1.82, 2.24) is 10.0 Å². The summed E-state index contributed by atoms with van der Waals surface area (Å²) in [6.07, 6.45) is 3.14. The number of amides is 1. The lowest BCUT2D eigenvalue weighted by molar-refractivity contribution is -0.116. The maximum absolute atomic E-state index is 12.2. The van der Waals surface area contributed by atoms with E-state index in [0.29, 0.717) is 17.9 Å². The highest BCUT2D eigenvalue weighted by Crippen LogP contribution is 2.16. The predicted octanol–water partition coefficient (Wildman–Crippen LogP) is 3.50. The smallest absolute Gasteiger partial charge is 0.244 e. The van der Waals surface area contributed by atoms with E-state index in [1.54, 1.807) is 18.2 Å². The van der Waals surface area contributed by atoms with E-state index in [-0.39, 0.29) is 17.3 Å². The van der Waals surface area contributed by atoms with Gasteiger partial charge in [0, 0.05) is 12.6 Å². The fraction of sp³-hybridized carbons (Fsp3) is 0.125. The monoisotopic (exact) mass is 436 g/mol. The molecule has 0 fully saturated rings. The van der Waals surface area contributed by atoms with Crippen LogP contribution in [0.2, 0.25) is 0 Å². The summed E-state index contributed by atoms with van der Waals surface area (Å²) in [6.45, 7) is 0.688. The summed E-state index contributed by atoms with van der Waals surface area (Å²) in [4.78, 5) is 12.3. The molecule has 0 spiro atoms. The van der Waals surface area contributed by atoms with Gasteiger partial charge in [0.15, 0.2) is 0 Å². The molecule has 0 atom stereocenters. The molecule has 2 N–H and O–H groups in total. The zero-order valence-corrected chi connectivity index (χ0v) is 17.9. The van der Waals surface area contributed by atoms with Gasteiger partial charge in [-0.15, -0.1) is 0 Å². The molecule has 0 bridgehead atoms. The molecule has 0 saturated carbocycles. The van der Waals surface area contributed by atoms with E-state index >= 15 is 0 Å². The Labute approximate surface area is 182 Å². The van der Waals surface area contributed by atoms with Crippen LogP contribution in [0.4, 0.5) is 0 Å². The van der Waals surface area contributed by atoms with E-state index in [2.05, 4.69) is 10.0 Å². The third-order valence-electron chi connectivity index (χ3n) is 4.48. The van der Waals surface area contributed by atoms with Crippen molar-refractivity contribution in [3.8, 4) is 5.75 Å². The van der Waals surface area contributed by atoms with Crippen LogP contribution in [-0.4, -0.2) is 21.4 Å². The van der Waals surface area contributed by atoms with Crippen LogP contribution in [0.25, 0.3) is 6.08 Å². The van der Waals surface area contributed by atoms with Crippen LogP contribution >= 0.6 is 0 Å². The van der Waals surface area contributed by atoms with Gasteiger partial charge >= 0.3 is 0 Å². The first kappa shape index (κ1) is 22.3. The maximum Gasteiger partial charge on any atom is 0.244 e. The third kappa shape index (κ3) is 6.80. The van der Waals surface area contributed by atoms with E-state index < -0.39 is 10.0 Å². The van der Waals surface area contributed by atoms with Crippen LogP contribution in [0.1, 0.15) is 16.7 Å². The molecule has 7 heteroatoms. The summed E-state index contributed by atoms with van der Waals surface area (Å²) in [5.74, 6) is 0.437. The SMILES string of the molecule is CNS(=O)(=O)c1cccc(CNC(=O)/C=C/c2cccc(OCc3ccccc3)c2)c1. The van der Waals surface area contributed by atoms with E-state index in [4.69, 9.17) is 4.74 Å². The Morgan fingerprint density at radius 1 is 0.935 bits per heavy atom. The van der Waals surface area contributed by atoms with Gasteiger partial charge in [-0.1, -0.05) is 54.6 Å². The average molecular weight is 437 g/mol. The molecule has 0 unspecified atom stereocenters. The number of hydrogen-bond donors (Lipinski definition) is 2. The van der Waals surface area contributed by atoms with Crippen molar-refractivity contribution < 1.29 is 17.9 Å². The first-order chi connectivity index (χ1) is 15.0. The van der Waals surface area contributed by atoms with Gasteiger partial charge in [-0.25, -0.2) is 13.1 Å². The highest BCUT2D eigenvalue weighted by molar-refractivity contribution is 7.89.